The van der Waals surface area contributed by atoms with Crippen LogP contribution in [0.2, 0.25) is 0 Å². The highest BCUT2D eigenvalue weighted by molar-refractivity contribution is 5.73. The van der Waals surface area contributed by atoms with Gasteiger partial charge in [0.2, 0.25) is 5.91 Å². The van der Waals surface area contributed by atoms with E-state index in [1.807, 2.05) is 0 Å². The summed E-state index contributed by atoms with van der Waals surface area (Å²) in [5.41, 5.74) is 5.79. The first-order valence-corrected chi connectivity index (χ1v) is 10.9. The van der Waals surface area contributed by atoms with Crippen LogP contribution in [0.15, 0.2) is 24.5 Å². The smallest absolute Gasteiger partial charge is 0.217 e. The number of benzene rings is 1. The lowest BCUT2D eigenvalue weighted by Gasteiger charge is -2.41. The minimum Gasteiger partial charge on any atom is -0.387 e. The van der Waals surface area contributed by atoms with Crippen LogP contribution in [0.1, 0.15) is 67.5 Å². The molecule has 2 aliphatic heterocycles. The Bertz CT molecular complexity index is 984. The number of carbonyl (C=O) groups is 1. The summed E-state index contributed by atoms with van der Waals surface area (Å²) in [5, 5.41) is 16.9. The molecule has 30 heavy (non-hydrogen) atoms. The van der Waals surface area contributed by atoms with E-state index in [0.717, 1.165) is 56.0 Å². The first-order valence-electron chi connectivity index (χ1n) is 10.9. The van der Waals surface area contributed by atoms with Crippen molar-refractivity contribution in [1.29, 1.82) is 0 Å². The van der Waals surface area contributed by atoms with E-state index in [2.05, 4.69) is 50.6 Å². The number of aliphatic hydroxyl groups is 1. The highest BCUT2D eigenvalue weighted by Gasteiger charge is 2.44. The molecule has 0 bridgehead atoms. The second-order valence-electron chi connectivity index (χ2n) is 9.02. The third-order valence-electron chi connectivity index (χ3n) is 7.13. The zero-order valence-electron chi connectivity index (χ0n) is 17.6. The van der Waals surface area contributed by atoms with Crippen molar-refractivity contribution < 1.29 is 9.90 Å². The number of rotatable bonds is 3. The van der Waals surface area contributed by atoms with Gasteiger partial charge in [0.1, 0.15) is 12.1 Å². The van der Waals surface area contributed by atoms with Gasteiger partial charge in [-0.3, -0.25) is 4.79 Å². The van der Waals surface area contributed by atoms with Crippen molar-refractivity contribution in [2.45, 2.75) is 57.1 Å². The number of hydrogen-bond donors (Lipinski definition) is 3. The quantitative estimate of drug-likeness (QED) is 0.725. The van der Waals surface area contributed by atoms with Crippen LogP contribution in [0, 0.1) is 0 Å². The van der Waals surface area contributed by atoms with E-state index in [1.165, 1.54) is 16.8 Å². The van der Waals surface area contributed by atoms with E-state index in [1.54, 1.807) is 13.3 Å². The van der Waals surface area contributed by atoms with Crippen LogP contribution < -0.4 is 15.5 Å². The molecule has 7 heteroatoms. The molecule has 3 aliphatic rings. The largest absolute Gasteiger partial charge is 0.387 e. The highest BCUT2D eigenvalue weighted by Crippen LogP contribution is 2.48. The SMILES string of the molecule is CC(=O)NCc1cccc2c1C1(CCN(c3ncnc4c3[C@H](C)C[C@H]4O)CC1)CN2. The maximum absolute atomic E-state index is 11.5. The van der Waals surface area contributed by atoms with Crippen molar-refractivity contribution in [1.82, 2.24) is 15.3 Å². The van der Waals surface area contributed by atoms with Gasteiger partial charge in [-0.25, -0.2) is 9.97 Å². The molecule has 7 nitrogen and oxygen atoms in total. The summed E-state index contributed by atoms with van der Waals surface area (Å²) in [4.78, 5) is 22.8. The lowest BCUT2D eigenvalue weighted by atomic mass is 9.72. The molecule has 0 saturated carbocycles. The number of nitrogens with zero attached hydrogens (tertiary/aromatic N) is 3. The molecule has 0 radical (unpaired) electrons. The molecule has 2 atom stereocenters. The van der Waals surface area contributed by atoms with Crippen molar-refractivity contribution in [2.75, 3.05) is 29.9 Å². The number of piperidine rings is 1. The van der Waals surface area contributed by atoms with Crippen LogP contribution in [0.3, 0.4) is 0 Å². The average Bonchev–Trinajstić information content (AvgIpc) is 3.25. The monoisotopic (exact) mass is 407 g/mol. The maximum Gasteiger partial charge on any atom is 0.217 e. The fourth-order valence-corrected chi connectivity index (χ4v) is 5.62. The summed E-state index contributed by atoms with van der Waals surface area (Å²) < 4.78 is 0. The Balaban J connectivity index is 1.41. The van der Waals surface area contributed by atoms with Crippen LogP contribution in [-0.4, -0.2) is 40.6 Å². The zero-order valence-corrected chi connectivity index (χ0v) is 17.6. The summed E-state index contributed by atoms with van der Waals surface area (Å²) in [6, 6.07) is 6.35. The van der Waals surface area contributed by atoms with Gasteiger partial charge in [-0.1, -0.05) is 19.1 Å². The van der Waals surface area contributed by atoms with Gasteiger partial charge in [-0.2, -0.15) is 0 Å². The van der Waals surface area contributed by atoms with E-state index in [4.69, 9.17) is 0 Å². The number of anilines is 2. The van der Waals surface area contributed by atoms with Crippen LogP contribution in [0.25, 0.3) is 0 Å². The Hall–Kier alpha value is -2.67. The summed E-state index contributed by atoms with van der Waals surface area (Å²) in [7, 11) is 0. The number of nitrogens with one attached hydrogen (secondary N) is 2. The van der Waals surface area contributed by atoms with Gasteiger partial charge in [-0.05, 0) is 42.4 Å². The lowest BCUT2D eigenvalue weighted by molar-refractivity contribution is -0.119. The van der Waals surface area contributed by atoms with Gasteiger partial charge in [0.05, 0.1) is 11.8 Å². The number of amides is 1. The van der Waals surface area contributed by atoms with Crippen molar-refractivity contribution in [2.24, 2.45) is 0 Å². The van der Waals surface area contributed by atoms with E-state index in [-0.39, 0.29) is 17.2 Å². The normalized spacial score (nSPS) is 23.8. The van der Waals surface area contributed by atoms with Crippen molar-refractivity contribution >= 4 is 17.4 Å². The Morgan fingerprint density at radius 1 is 1.33 bits per heavy atom. The summed E-state index contributed by atoms with van der Waals surface area (Å²) >= 11 is 0. The van der Waals surface area contributed by atoms with Crippen molar-refractivity contribution in [3.63, 3.8) is 0 Å². The first kappa shape index (κ1) is 19.3. The van der Waals surface area contributed by atoms with Gasteiger partial charge >= 0.3 is 0 Å². The van der Waals surface area contributed by atoms with E-state index < -0.39 is 6.10 Å². The van der Waals surface area contributed by atoms with Gasteiger partial charge in [0, 0.05) is 49.8 Å². The second kappa shape index (κ2) is 7.23. The van der Waals surface area contributed by atoms with Crippen LogP contribution in [0.4, 0.5) is 11.5 Å². The van der Waals surface area contributed by atoms with Gasteiger partial charge in [-0.15, -0.1) is 0 Å². The molecule has 3 heterocycles. The Kier molecular flexibility index (Phi) is 4.65. The summed E-state index contributed by atoms with van der Waals surface area (Å²) in [5.74, 6) is 1.27. The molecule has 2 aromatic rings. The predicted molar refractivity (Wildman–Crippen MR) is 116 cm³/mol. The van der Waals surface area contributed by atoms with Crippen LogP contribution in [0.5, 0.6) is 0 Å². The van der Waals surface area contributed by atoms with Crippen LogP contribution in [-0.2, 0) is 16.8 Å². The molecule has 5 rings (SSSR count). The minimum atomic E-state index is -0.477. The third-order valence-corrected chi connectivity index (χ3v) is 7.13. The first-order chi connectivity index (χ1) is 14.5. The molecule has 1 saturated heterocycles. The van der Waals surface area contributed by atoms with Gasteiger partial charge < -0.3 is 20.6 Å². The maximum atomic E-state index is 11.5. The van der Waals surface area contributed by atoms with E-state index in [0.29, 0.717) is 6.54 Å². The average molecular weight is 408 g/mol. The van der Waals surface area contributed by atoms with E-state index >= 15 is 0 Å². The second-order valence-corrected chi connectivity index (χ2v) is 9.02. The number of aromatic nitrogens is 2. The minimum absolute atomic E-state index is 0.00338. The molecule has 1 aliphatic carbocycles. The number of aliphatic hydroxyl groups excluding tert-OH is 1. The lowest BCUT2D eigenvalue weighted by Crippen LogP contribution is -2.45. The highest BCUT2D eigenvalue weighted by atomic mass is 16.3. The van der Waals surface area contributed by atoms with Gasteiger partial charge in [0.25, 0.3) is 0 Å². The summed E-state index contributed by atoms with van der Waals surface area (Å²) in [6.07, 6.45) is 3.90. The molecule has 1 fully saturated rings. The Morgan fingerprint density at radius 3 is 2.90 bits per heavy atom. The molecule has 1 amide bonds. The molecular weight excluding hydrogens is 378 g/mol. The predicted octanol–water partition coefficient (Wildman–Crippen LogP) is 2.62. The van der Waals surface area contributed by atoms with Gasteiger partial charge in [0.15, 0.2) is 0 Å². The Labute approximate surface area is 176 Å². The molecule has 0 unspecified atom stereocenters. The Morgan fingerprint density at radius 2 is 2.13 bits per heavy atom. The molecule has 1 spiro atoms. The topological polar surface area (TPSA) is 90.4 Å². The third kappa shape index (κ3) is 3.03. The molecule has 1 aromatic heterocycles. The zero-order chi connectivity index (χ0) is 20.9. The molecule has 1 aromatic carbocycles. The molecule has 158 valence electrons. The molecular formula is C23H29N5O2. The fourth-order valence-electron chi connectivity index (χ4n) is 5.62. The van der Waals surface area contributed by atoms with E-state index in [9.17, 15) is 9.90 Å². The summed E-state index contributed by atoms with van der Waals surface area (Å²) in [6.45, 7) is 7.06. The number of hydrogen-bond acceptors (Lipinski definition) is 6. The van der Waals surface area contributed by atoms with Crippen molar-refractivity contribution in [3.8, 4) is 0 Å². The number of fused-ring (bicyclic) bond motifs is 3. The standard InChI is InChI=1S/C23H29N5O2/c1-14-10-18(30)21-19(14)22(27-13-26-21)28-8-6-23(7-9-28)12-25-17-5-3-4-16(20(17)23)11-24-15(2)29/h3-5,13-14,18,25,30H,6-12H2,1-2H3,(H,24,29)/t14-,18-/m1/s1. The fraction of sp³-hybridized carbons (Fsp3) is 0.522. The van der Waals surface area contributed by atoms with Crippen LogP contribution >= 0.6 is 0 Å². The van der Waals surface area contributed by atoms with Crippen molar-refractivity contribution in [3.05, 3.63) is 46.9 Å². The molecule has 3 N–H and O–H groups in total. The number of carbonyl (C=O) groups excluding carboxylic acids is 1.